The number of fused-ring (bicyclic) bond motifs is 1. The van der Waals surface area contributed by atoms with Crippen LogP contribution in [0.3, 0.4) is 0 Å². The Morgan fingerprint density at radius 1 is 0.970 bits per heavy atom. The van der Waals surface area contributed by atoms with Gasteiger partial charge in [0.15, 0.2) is 11.2 Å². The number of hydrogen-bond acceptors (Lipinski definition) is 5. The average Bonchev–Trinajstić information content (AvgIpc) is 3.14. The maximum atomic E-state index is 13.3. The standard InChI is InChI=1S/C22H19Cl2FN4O4/c1-27-19-18(20(30)28(2)22(27)31)29(12-13-3-6-15(25)7-4-13)21(26-19)33-10-9-32-17-8-5-14(23)11-16(17)24/h3-8,11H,9-10,12H2,1-2H3. The van der Waals surface area contributed by atoms with Crippen LogP contribution < -0.4 is 20.7 Å². The summed E-state index contributed by atoms with van der Waals surface area (Å²) in [6.07, 6.45) is 0. The molecule has 33 heavy (non-hydrogen) atoms. The lowest BCUT2D eigenvalue weighted by molar-refractivity contribution is 0.202. The number of hydrogen-bond donors (Lipinski definition) is 0. The van der Waals surface area contributed by atoms with Gasteiger partial charge in [0.05, 0.1) is 11.6 Å². The van der Waals surface area contributed by atoms with Gasteiger partial charge in [-0.2, -0.15) is 4.98 Å². The fraction of sp³-hybridized carbons (Fsp3) is 0.227. The first-order valence-electron chi connectivity index (χ1n) is 9.87. The average molecular weight is 493 g/mol. The van der Waals surface area contributed by atoms with Crippen LogP contribution in [0.15, 0.2) is 52.1 Å². The third kappa shape index (κ3) is 4.60. The summed E-state index contributed by atoms with van der Waals surface area (Å²) in [5.41, 5.74) is 0.0797. The van der Waals surface area contributed by atoms with Gasteiger partial charge in [-0.15, -0.1) is 0 Å². The van der Waals surface area contributed by atoms with E-state index in [4.69, 9.17) is 32.7 Å². The van der Waals surface area contributed by atoms with E-state index in [0.29, 0.717) is 15.8 Å². The van der Waals surface area contributed by atoms with Gasteiger partial charge < -0.3 is 9.47 Å². The van der Waals surface area contributed by atoms with Crippen molar-refractivity contribution in [1.82, 2.24) is 18.7 Å². The predicted octanol–water partition coefficient (Wildman–Crippen LogP) is 3.39. The molecule has 172 valence electrons. The summed E-state index contributed by atoms with van der Waals surface area (Å²) in [4.78, 5) is 29.6. The largest absolute Gasteiger partial charge is 0.488 e. The zero-order valence-electron chi connectivity index (χ0n) is 17.7. The Morgan fingerprint density at radius 3 is 2.36 bits per heavy atom. The van der Waals surface area contributed by atoms with E-state index in [-0.39, 0.29) is 42.8 Å². The van der Waals surface area contributed by atoms with Crippen LogP contribution in [-0.2, 0) is 20.6 Å². The molecule has 0 atom stereocenters. The SMILES string of the molecule is Cn1c(=O)c2c(nc(OCCOc3ccc(Cl)cc3Cl)n2Cc2ccc(F)cc2)n(C)c1=O. The summed E-state index contributed by atoms with van der Waals surface area (Å²) in [6.45, 7) is 0.404. The molecule has 0 saturated heterocycles. The second-order valence-electron chi connectivity index (χ2n) is 7.26. The van der Waals surface area contributed by atoms with Gasteiger partial charge in [-0.3, -0.25) is 18.5 Å². The first-order chi connectivity index (χ1) is 15.8. The Bertz CT molecular complexity index is 1440. The van der Waals surface area contributed by atoms with Crippen molar-refractivity contribution < 1.29 is 13.9 Å². The van der Waals surface area contributed by atoms with Gasteiger partial charge in [0.25, 0.3) is 11.6 Å². The van der Waals surface area contributed by atoms with Crippen molar-refractivity contribution in [2.75, 3.05) is 13.2 Å². The Labute approximate surface area is 197 Å². The second kappa shape index (κ2) is 9.29. The number of rotatable bonds is 7. The molecule has 0 amide bonds. The van der Waals surface area contributed by atoms with Crippen LogP contribution in [0.2, 0.25) is 10.0 Å². The van der Waals surface area contributed by atoms with E-state index in [1.165, 1.54) is 30.8 Å². The van der Waals surface area contributed by atoms with E-state index in [2.05, 4.69) is 4.98 Å². The lowest BCUT2D eigenvalue weighted by atomic mass is 10.2. The summed E-state index contributed by atoms with van der Waals surface area (Å²) in [6, 6.07) is 10.8. The molecule has 4 aromatic rings. The Hall–Kier alpha value is -3.30. The van der Waals surface area contributed by atoms with Gasteiger partial charge in [0.2, 0.25) is 0 Å². The summed E-state index contributed by atoms with van der Waals surface area (Å²) in [5.74, 6) is 0.0720. The molecule has 11 heteroatoms. The molecule has 0 aliphatic heterocycles. The van der Waals surface area contributed by atoms with Crippen molar-refractivity contribution in [3.8, 4) is 11.8 Å². The van der Waals surface area contributed by atoms with Crippen molar-refractivity contribution in [3.63, 3.8) is 0 Å². The van der Waals surface area contributed by atoms with Crippen LogP contribution in [-0.4, -0.2) is 31.9 Å². The highest BCUT2D eigenvalue weighted by molar-refractivity contribution is 6.35. The molecular formula is C22H19Cl2FN4O4. The highest BCUT2D eigenvalue weighted by atomic mass is 35.5. The van der Waals surface area contributed by atoms with Gasteiger partial charge >= 0.3 is 5.69 Å². The van der Waals surface area contributed by atoms with E-state index in [0.717, 1.165) is 10.1 Å². The van der Waals surface area contributed by atoms with Crippen molar-refractivity contribution >= 4 is 34.4 Å². The summed E-state index contributed by atoms with van der Waals surface area (Å²) in [7, 11) is 2.92. The van der Waals surface area contributed by atoms with Gasteiger partial charge in [0, 0.05) is 19.1 Å². The number of halogens is 3. The fourth-order valence-electron chi connectivity index (χ4n) is 3.33. The van der Waals surface area contributed by atoms with Gasteiger partial charge in [-0.1, -0.05) is 35.3 Å². The second-order valence-corrected chi connectivity index (χ2v) is 8.10. The molecule has 0 unspecified atom stereocenters. The van der Waals surface area contributed by atoms with Crippen LogP contribution in [0, 0.1) is 5.82 Å². The highest BCUT2D eigenvalue weighted by Crippen LogP contribution is 2.27. The van der Waals surface area contributed by atoms with Crippen LogP contribution in [0.5, 0.6) is 11.8 Å². The highest BCUT2D eigenvalue weighted by Gasteiger charge is 2.20. The van der Waals surface area contributed by atoms with Crippen molar-refractivity contribution in [2.24, 2.45) is 14.1 Å². The van der Waals surface area contributed by atoms with E-state index >= 15 is 0 Å². The molecule has 0 aliphatic rings. The Morgan fingerprint density at radius 2 is 1.67 bits per heavy atom. The van der Waals surface area contributed by atoms with Crippen molar-refractivity contribution in [3.05, 3.63) is 84.7 Å². The van der Waals surface area contributed by atoms with E-state index in [1.807, 2.05) is 0 Å². The molecule has 0 bridgehead atoms. The molecular weight excluding hydrogens is 474 g/mol. The van der Waals surface area contributed by atoms with E-state index < -0.39 is 11.2 Å². The number of nitrogens with zero attached hydrogens (tertiary/aromatic N) is 4. The zero-order chi connectivity index (χ0) is 23.7. The zero-order valence-corrected chi connectivity index (χ0v) is 19.2. The molecule has 0 aliphatic carbocycles. The van der Waals surface area contributed by atoms with Crippen LogP contribution in [0.4, 0.5) is 4.39 Å². The molecule has 0 spiro atoms. The van der Waals surface area contributed by atoms with Crippen LogP contribution >= 0.6 is 23.2 Å². The quantitative estimate of drug-likeness (QED) is 0.369. The van der Waals surface area contributed by atoms with Crippen molar-refractivity contribution in [2.45, 2.75) is 6.54 Å². The molecule has 4 rings (SSSR count). The molecule has 2 heterocycles. The monoisotopic (exact) mass is 492 g/mol. The first kappa shape index (κ1) is 22.9. The summed E-state index contributed by atoms with van der Waals surface area (Å²) < 4.78 is 28.6. The molecule has 0 radical (unpaired) electrons. The summed E-state index contributed by atoms with van der Waals surface area (Å²) in [5, 5.41) is 0.856. The van der Waals surface area contributed by atoms with Gasteiger partial charge in [-0.25, -0.2) is 9.18 Å². The van der Waals surface area contributed by atoms with E-state index in [9.17, 15) is 14.0 Å². The molecule has 0 fully saturated rings. The molecule has 8 nitrogen and oxygen atoms in total. The number of benzene rings is 2. The smallest absolute Gasteiger partial charge is 0.332 e. The minimum absolute atomic E-state index is 0.0833. The number of aromatic nitrogens is 4. The fourth-order valence-corrected chi connectivity index (χ4v) is 3.80. The number of imidazole rings is 1. The first-order valence-corrected chi connectivity index (χ1v) is 10.6. The minimum Gasteiger partial charge on any atom is -0.488 e. The van der Waals surface area contributed by atoms with Crippen LogP contribution in [0.1, 0.15) is 5.56 Å². The Kier molecular flexibility index (Phi) is 6.44. The topological polar surface area (TPSA) is 80.3 Å². The number of ether oxygens (including phenoxy) is 2. The van der Waals surface area contributed by atoms with Crippen molar-refractivity contribution in [1.29, 1.82) is 0 Å². The third-order valence-corrected chi connectivity index (χ3v) is 5.56. The summed E-state index contributed by atoms with van der Waals surface area (Å²) >= 11 is 12.0. The maximum absolute atomic E-state index is 13.3. The molecule has 2 aromatic heterocycles. The minimum atomic E-state index is -0.512. The molecule has 0 saturated carbocycles. The van der Waals surface area contributed by atoms with E-state index in [1.54, 1.807) is 34.9 Å². The molecule has 2 aromatic carbocycles. The Balaban J connectivity index is 1.65. The maximum Gasteiger partial charge on any atom is 0.332 e. The lowest BCUT2D eigenvalue weighted by Crippen LogP contribution is -2.37. The lowest BCUT2D eigenvalue weighted by Gasteiger charge is -2.12. The number of aryl methyl sites for hydroxylation is 1. The van der Waals surface area contributed by atoms with Crippen LogP contribution in [0.25, 0.3) is 11.2 Å². The van der Waals surface area contributed by atoms with Gasteiger partial charge in [0.1, 0.15) is 24.8 Å². The van der Waals surface area contributed by atoms with Gasteiger partial charge in [-0.05, 0) is 35.9 Å². The normalized spacial score (nSPS) is 11.2. The predicted molar refractivity (Wildman–Crippen MR) is 123 cm³/mol. The molecule has 0 N–H and O–H groups in total. The third-order valence-electron chi connectivity index (χ3n) is 5.03.